The molecule has 1 saturated heterocycles. The molecule has 0 bridgehead atoms. The first kappa shape index (κ1) is 21.3. The van der Waals surface area contributed by atoms with Crippen molar-refractivity contribution < 1.29 is 8.42 Å². The molecule has 3 rings (SSSR count). The van der Waals surface area contributed by atoms with E-state index in [1.165, 1.54) is 5.56 Å². The Labute approximate surface area is 174 Å². The summed E-state index contributed by atoms with van der Waals surface area (Å²) in [4.78, 5) is 4.69. The third-order valence-electron chi connectivity index (χ3n) is 5.39. The third-order valence-corrected chi connectivity index (χ3v) is 7.30. The van der Waals surface area contributed by atoms with E-state index in [0.717, 1.165) is 25.3 Å². The van der Waals surface area contributed by atoms with E-state index in [9.17, 15) is 8.42 Å². The molecule has 0 aromatic heterocycles. The van der Waals surface area contributed by atoms with Gasteiger partial charge in [0.25, 0.3) is 0 Å². The van der Waals surface area contributed by atoms with Crippen LogP contribution in [0, 0.1) is 5.92 Å². The summed E-state index contributed by atoms with van der Waals surface area (Å²) in [6, 6.07) is 19.1. The van der Waals surface area contributed by atoms with Gasteiger partial charge in [-0.05, 0) is 43.4 Å². The fourth-order valence-corrected chi connectivity index (χ4v) is 5.05. The van der Waals surface area contributed by atoms with Gasteiger partial charge in [0, 0.05) is 26.7 Å². The van der Waals surface area contributed by atoms with Crippen LogP contribution in [0.1, 0.15) is 31.4 Å². The lowest BCUT2D eigenvalue weighted by molar-refractivity contribution is 0.273. The van der Waals surface area contributed by atoms with Gasteiger partial charge in [0.2, 0.25) is 10.0 Å². The summed E-state index contributed by atoms with van der Waals surface area (Å²) in [5.41, 5.74) is 1.20. The van der Waals surface area contributed by atoms with Gasteiger partial charge in [-0.1, -0.05) is 48.5 Å². The van der Waals surface area contributed by atoms with Crippen molar-refractivity contribution in [3.05, 3.63) is 66.2 Å². The molecule has 2 aromatic carbocycles. The van der Waals surface area contributed by atoms with Crippen molar-refractivity contribution in [1.82, 2.24) is 14.9 Å². The molecule has 0 saturated carbocycles. The molecule has 2 N–H and O–H groups in total. The molecule has 0 spiro atoms. The number of nitrogens with zero attached hydrogens (tertiary/aromatic N) is 2. The average Bonchev–Trinajstić information content (AvgIpc) is 2.78. The summed E-state index contributed by atoms with van der Waals surface area (Å²) in [7, 11) is -1.63. The fourth-order valence-electron chi connectivity index (χ4n) is 3.56. The van der Waals surface area contributed by atoms with Crippen molar-refractivity contribution in [2.45, 2.75) is 30.7 Å². The molecule has 1 unspecified atom stereocenters. The summed E-state index contributed by atoms with van der Waals surface area (Å²) >= 11 is 0. The zero-order chi connectivity index (χ0) is 20.7. The number of aliphatic imine (C=N–C) groups is 1. The highest BCUT2D eigenvalue weighted by Gasteiger charge is 2.29. The van der Waals surface area contributed by atoms with Gasteiger partial charge in [-0.2, -0.15) is 4.31 Å². The zero-order valence-electron chi connectivity index (χ0n) is 17.1. The Bertz CT molecular complexity index is 893. The number of nitrogens with one attached hydrogen (secondary N) is 2. The Morgan fingerprint density at radius 2 is 1.66 bits per heavy atom. The number of sulfonamides is 1. The molecule has 1 atom stereocenters. The van der Waals surface area contributed by atoms with Gasteiger partial charge in [0.15, 0.2) is 5.96 Å². The average molecular weight is 415 g/mol. The van der Waals surface area contributed by atoms with E-state index in [-0.39, 0.29) is 6.04 Å². The van der Waals surface area contributed by atoms with Crippen LogP contribution in [0.5, 0.6) is 0 Å². The van der Waals surface area contributed by atoms with Crippen LogP contribution in [0.25, 0.3) is 0 Å². The molecule has 0 aliphatic carbocycles. The Morgan fingerprint density at radius 1 is 1.07 bits per heavy atom. The molecule has 156 valence electrons. The Balaban J connectivity index is 1.48. The van der Waals surface area contributed by atoms with E-state index < -0.39 is 10.0 Å². The molecule has 0 radical (unpaired) electrons. The van der Waals surface area contributed by atoms with Crippen LogP contribution in [0.4, 0.5) is 0 Å². The van der Waals surface area contributed by atoms with Crippen molar-refractivity contribution in [2.24, 2.45) is 10.9 Å². The molecule has 7 heteroatoms. The van der Waals surface area contributed by atoms with Crippen molar-refractivity contribution >= 4 is 16.0 Å². The van der Waals surface area contributed by atoms with Crippen molar-refractivity contribution in [1.29, 1.82) is 0 Å². The van der Waals surface area contributed by atoms with E-state index in [0.29, 0.717) is 23.9 Å². The highest BCUT2D eigenvalue weighted by atomic mass is 32.2. The van der Waals surface area contributed by atoms with E-state index in [1.807, 2.05) is 24.3 Å². The topological polar surface area (TPSA) is 73.8 Å². The van der Waals surface area contributed by atoms with Crippen LogP contribution < -0.4 is 10.6 Å². The summed E-state index contributed by atoms with van der Waals surface area (Å²) < 4.78 is 27.1. The van der Waals surface area contributed by atoms with Crippen LogP contribution in [0.2, 0.25) is 0 Å². The van der Waals surface area contributed by atoms with Gasteiger partial charge in [0.1, 0.15) is 0 Å². The second kappa shape index (κ2) is 9.89. The van der Waals surface area contributed by atoms with Gasteiger partial charge < -0.3 is 10.6 Å². The third kappa shape index (κ3) is 5.58. The first-order chi connectivity index (χ1) is 14.0. The lowest BCUT2D eigenvalue weighted by Gasteiger charge is -2.31. The Morgan fingerprint density at radius 3 is 2.24 bits per heavy atom. The minimum Gasteiger partial charge on any atom is -0.356 e. The predicted molar refractivity (Wildman–Crippen MR) is 117 cm³/mol. The molecule has 1 heterocycles. The van der Waals surface area contributed by atoms with E-state index in [2.05, 4.69) is 34.7 Å². The molecular formula is C22H30N4O2S. The maximum Gasteiger partial charge on any atom is 0.243 e. The van der Waals surface area contributed by atoms with Gasteiger partial charge in [0.05, 0.1) is 10.9 Å². The lowest BCUT2D eigenvalue weighted by Crippen LogP contribution is -2.44. The van der Waals surface area contributed by atoms with Gasteiger partial charge in [-0.15, -0.1) is 0 Å². The number of hydrogen-bond acceptors (Lipinski definition) is 3. The second-order valence-corrected chi connectivity index (χ2v) is 9.33. The van der Waals surface area contributed by atoms with Crippen molar-refractivity contribution in [3.63, 3.8) is 0 Å². The number of benzene rings is 2. The smallest absolute Gasteiger partial charge is 0.243 e. The lowest BCUT2D eigenvalue weighted by atomic mass is 9.98. The van der Waals surface area contributed by atoms with E-state index in [1.54, 1.807) is 35.6 Å². The van der Waals surface area contributed by atoms with Crippen LogP contribution in [-0.2, 0) is 10.0 Å². The maximum atomic E-state index is 12.7. The summed E-state index contributed by atoms with van der Waals surface area (Å²) in [5.74, 6) is 1.18. The highest BCUT2D eigenvalue weighted by Crippen LogP contribution is 2.23. The summed E-state index contributed by atoms with van der Waals surface area (Å²) in [5, 5.41) is 6.81. The standard InChI is InChI=1S/C22H30N4O2S/c1-18(20-9-5-3-6-10-20)25-22(23-2)24-17-19-13-15-26(16-14-19)29(27,28)21-11-7-4-8-12-21/h3-12,18-19H,13-17H2,1-2H3,(H2,23,24,25). The van der Waals surface area contributed by atoms with Crippen LogP contribution >= 0.6 is 0 Å². The van der Waals surface area contributed by atoms with Gasteiger partial charge >= 0.3 is 0 Å². The highest BCUT2D eigenvalue weighted by molar-refractivity contribution is 7.89. The Kier molecular flexibility index (Phi) is 7.28. The molecule has 1 aliphatic rings. The molecule has 1 aliphatic heterocycles. The number of piperidine rings is 1. The first-order valence-electron chi connectivity index (χ1n) is 10.1. The number of hydrogen-bond donors (Lipinski definition) is 2. The molecule has 1 fully saturated rings. The molecule has 0 amide bonds. The van der Waals surface area contributed by atoms with Gasteiger partial charge in [-0.25, -0.2) is 8.42 Å². The monoisotopic (exact) mass is 414 g/mol. The quantitative estimate of drug-likeness (QED) is 0.563. The van der Waals surface area contributed by atoms with Crippen molar-refractivity contribution in [3.8, 4) is 0 Å². The number of guanidine groups is 1. The Hall–Kier alpha value is -2.38. The minimum absolute atomic E-state index is 0.153. The molecule has 29 heavy (non-hydrogen) atoms. The first-order valence-corrected chi connectivity index (χ1v) is 11.5. The van der Waals surface area contributed by atoms with Crippen LogP contribution in [0.15, 0.2) is 70.6 Å². The minimum atomic E-state index is -3.39. The number of rotatable bonds is 6. The summed E-state index contributed by atoms with van der Waals surface area (Å²) in [6.07, 6.45) is 1.68. The normalized spacial score (nSPS) is 17.7. The largest absolute Gasteiger partial charge is 0.356 e. The van der Waals surface area contributed by atoms with E-state index >= 15 is 0 Å². The van der Waals surface area contributed by atoms with E-state index in [4.69, 9.17) is 0 Å². The molecular weight excluding hydrogens is 384 g/mol. The molecule has 6 nitrogen and oxygen atoms in total. The SMILES string of the molecule is CN=C(NCC1CCN(S(=O)(=O)c2ccccc2)CC1)NC(C)c1ccccc1. The van der Waals surface area contributed by atoms with Crippen molar-refractivity contribution in [2.75, 3.05) is 26.7 Å². The fraction of sp³-hybridized carbons (Fsp3) is 0.409. The summed E-state index contributed by atoms with van der Waals surface area (Å²) in [6.45, 7) is 3.99. The van der Waals surface area contributed by atoms with Crippen LogP contribution in [-0.4, -0.2) is 45.4 Å². The van der Waals surface area contributed by atoms with Crippen LogP contribution in [0.3, 0.4) is 0 Å². The molecule has 2 aromatic rings. The van der Waals surface area contributed by atoms with Gasteiger partial charge in [-0.3, -0.25) is 4.99 Å². The predicted octanol–water partition coefficient (Wildman–Crippen LogP) is 3.01. The zero-order valence-corrected chi connectivity index (χ0v) is 17.9. The second-order valence-electron chi connectivity index (χ2n) is 7.39. The maximum absolute atomic E-state index is 12.7.